The summed E-state index contributed by atoms with van der Waals surface area (Å²) in [6.45, 7) is 0.0213. The molecular formula is C16H12N4O4S2. The van der Waals surface area contributed by atoms with Gasteiger partial charge in [0.05, 0.1) is 5.56 Å². The van der Waals surface area contributed by atoms with Crippen molar-refractivity contribution in [3.63, 3.8) is 0 Å². The molecule has 0 radical (unpaired) electrons. The topological polar surface area (TPSA) is 106 Å². The van der Waals surface area contributed by atoms with Crippen molar-refractivity contribution >= 4 is 27.7 Å². The van der Waals surface area contributed by atoms with E-state index >= 15 is 0 Å². The van der Waals surface area contributed by atoms with E-state index in [4.69, 9.17) is 4.42 Å². The van der Waals surface area contributed by atoms with E-state index in [0.717, 1.165) is 9.87 Å². The maximum absolute atomic E-state index is 12.5. The molecule has 4 rings (SSSR count). The van der Waals surface area contributed by atoms with Crippen molar-refractivity contribution in [1.82, 2.24) is 19.5 Å². The molecule has 1 aliphatic heterocycles. The number of benzene rings is 1. The average Bonchev–Trinajstić information content (AvgIpc) is 3.20. The maximum Gasteiger partial charge on any atom is 0.276 e. The van der Waals surface area contributed by atoms with Crippen LogP contribution in [0.15, 0.2) is 63.3 Å². The van der Waals surface area contributed by atoms with Gasteiger partial charge in [-0.3, -0.25) is 9.78 Å². The zero-order chi connectivity index (χ0) is 18.1. The number of sulfonamides is 1. The molecule has 0 saturated carbocycles. The Hall–Kier alpha value is -2.72. The van der Waals surface area contributed by atoms with Crippen molar-refractivity contribution in [3.8, 4) is 11.5 Å². The number of carbonyl (C=O) groups is 1. The van der Waals surface area contributed by atoms with Gasteiger partial charge >= 0.3 is 0 Å². The Kier molecular flexibility index (Phi) is 4.21. The second-order valence-corrected chi connectivity index (χ2v) is 8.21. The van der Waals surface area contributed by atoms with Crippen LogP contribution >= 0.6 is 11.8 Å². The number of carbonyl (C=O) groups excluding carboxylic acids is 1. The molecule has 1 amide bonds. The molecule has 0 aliphatic carbocycles. The molecule has 1 aromatic carbocycles. The third-order valence-corrected chi connectivity index (χ3v) is 6.40. The normalized spacial score (nSPS) is 15.2. The Morgan fingerprint density at radius 2 is 1.85 bits per heavy atom. The summed E-state index contributed by atoms with van der Waals surface area (Å²) in [6, 6.07) is 9.68. The van der Waals surface area contributed by atoms with Crippen LogP contribution in [0.4, 0.5) is 0 Å². The van der Waals surface area contributed by atoms with Gasteiger partial charge in [-0.25, -0.2) is 12.7 Å². The first-order chi connectivity index (χ1) is 12.6. The lowest BCUT2D eigenvalue weighted by molar-refractivity contribution is 0.0876. The van der Waals surface area contributed by atoms with Crippen LogP contribution in [0.5, 0.6) is 0 Å². The molecule has 0 fully saturated rings. The van der Waals surface area contributed by atoms with E-state index in [-0.39, 0.29) is 17.0 Å². The monoisotopic (exact) mass is 388 g/mol. The Morgan fingerprint density at radius 3 is 2.62 bits per heavy atom. The predicted octanol–water partition coefficient (Wildman–Crippen LogP) is 2.07. The van der Waals surface area contributed by atoms with Gasteiger partial charge in [-0.05, 0) is 24.3 Å². The van der Waals surface area contributed by atoms with Gasteiger partial charge in [0.15, 0.2) is 0 Å². The van der Waals surface area contributed by atoms with Crippen molar-refractivity contribution in [2.45, 2.75) is 10.1 Å². The Morgan fingerprint density at radius 1 is 1.08 bits per heavy atom. The van der Waals surface area contributed by atoms with Crippen molar-refractivity contribution in [2.24, 2.45) is 0 Å². The van der Waals surface area contributed by atoms with E-state index in [1.54, 1.807) is 36.7 Å². The number of hydrogen-bond donors (Lipinski definition) is 0. The van der Waals surface area contributed by atoms with Crippen molar-refractivity contribution < 1.29 is 17.6 Å². The van der Waals surface area contributed by atoms with Crippen molar-refractivity contribution in [2.75, 3.05) is 12.3 Å². The minimum Gasteiger partial charge on any atom is -0.411 e. The van der Waals surface area contributed by atoms with Crippen LogP contribution in [0.1, 0.15) is 10.4 Å². The van der Waals surface area contributed by atoms with Gasteiger partial charge < -0.3 is 4.42 Å². The molecule has 0 saturated heterocycles. The second kappa shape index (κ2) is 6.54. The molecule has 2 aromatic heterocycles. The SMILES string of the molecule is O=C1c2ccccc2S(=O)(=O)N1CCSc1nnc(-c2ccncc2)o1. The molecule has 0 N–H and O–H groups in total. The van der Waals surface area contributed by atoms with Gasteiger partial charge in [-0.1, -0.05) is 23.9 Å². The van der Waals surface area contributed by atoms with Crippen LogP contribution in [0.2, 0.25) is 0 Å². The van der Waals surface area contributed by atoms with E-state index in [0.29, 0.717) is 16.9 Å². The lowest BCUT2D eigenvalue weighted by atomic mass is 10.2. The standard InChI is InChI=1S/C16H12N4O4S2/c21-15-12-3-1-2-4-13(12)26(22,23)20(15)9-10-25-16-19-18-14(24-16)11-5-7-17-8-6-11/h1-8H,9-10H2. The van der Waals surface area contributed by atoms with E-state index in [1.165, 1.54) is 23.9 Å². The molecule has 10 heteroatoms. The summed E-state index contributed by atoms with van der Waals surface area (Å²) in [7, 11) is -3.79. The lowest BCUT2D eigenvalue weighted by Crippen LogP contribution is -2.32. The lowest BCUT2D eigenvalue weighted by Gasteiger charge is -2.13. The summed E-state index contributed by atoms with van der Waals surface area (Å²) in [5.74, 6) is 0.146. The van der Waals surface area contributed by atoms with Crippen molar-refractivity contribution in [3.05, 3.63) is 54.4 Å². The molecular weight excluding hydrogens is 376 g/mol. The zero-order valence-corrected chi connectivity index (χ0v) is 14.9. The predicted molar refractivity (Wildman–Crippen MR) is 92.9 cm³/mol. The fourth-order valence-electron chi connectivity index (χ4n) is 2.55. The maximum atomic E-state index is 12.5. The summed E-state index contributed by atoms with van der Waals surface area (Å²) in [5, 5.41) is 8.18. The highest BCUT2D eigenvalue weighted by atomic mass is 32.2. The zero-order valence-electron chi connectivity index (χ0n) is 13.3. The number of amides is 1. The third kappa shape index (κ3) is 2.86. The number of nitrogens with zero attached hydrogens (tertiary/aromatic N) is 4. The quantitative estimate of drug-likeness (QED) is 0.612. The molecule has 0 bridgehead atoms. The fraction of sp³-hybridized carbons (Fsp3) is 0.125. The van der Waals surface area contributed by atoms with Crippen LogP contribution < -0.4 is 0 Å². The number of pyridine rings is 1. The van der Waals surface area contributed by atoms with E-state index in [2.05, 4.69) is 15.2 Å². The molecule has 0 atom stereocenters. The molecule has 3 aromatic rings. The minimum atomic E-state index is -3.79. The smallest absolute Gasteiger partial charge is 0.276 e. The highest BCUT2D eigenvalue weighted by Crippen LogP contribution is 2.30. The Bertz CT molecular complexity index is 1070. The number of fused-ring (bicyclic) bond motifs is 1. The molecule has 132 valence electrons. The number of aromatic nitrogens is 3. The Balaban J connectivity index is 1.43. The number of rotatable bonds is 5. The summed E-state index contributed by atoms with van der Waals surface area (Å²) in [6.07, 6.45) is 3.24. The fourth-order valence-corrected chi connectivity index (χ4v) is 4.92. The largest absolute Gasteiger partial charge is 0.411 e. The Labute approximate surface area is 153 Å². The summed E-state index contributed by atoms with van der Waals surface area (Å²) < 4.78 is 31.3. The second-order valence-electron chi connectivity index (χ2n) is 5.34. The highest BCUT2D eigenvalue weighted by Gasteiger charge is 2.40. The van der Waals surface area contributed by atoms with Crippen LogP contribution in [-0.4, -0.2) is 46.1 Å². The molecule has 0 unspecified atom stereocenters. The molecule has 8 nitrogen and oxygen atoms in total. The van der Waals surface area contributed by atoms with Gasteiger partial charge in [0, 0.05) is 30.3 Å². The average molecular weight is 388 g/mol. The van der Waals surface area contributed by atoms with E-state index < -0.39 is 15.9 Å². The number of thioether (sulfide) groups is 1. The van der Waals surface area contributed by atoms with Crippen LogP contribution in [0, 0.1) is 0 Å². The first kappa shape index (κ1) is 16.7. The molecule has 1 aliphatic rings. The first-order valence-electron chi connectivity index (χ1n) is 7.60. The van der Waals surface area contributed by atoms with Gasteiger partial charge in [0.25, 0.3) is 21.2 Å². The molecule has 3 heterocycles. The van der Waals surface area contributed by atoms with Crippen LogP contribution in [-0.2, 0) is 10.0 Å². The van der Waals surface area contributed by atoms with Gasteiger partial charge in [-0.15, -0.1) is 10.2 Å². The van der Waals surface area contributed by atoms with Crippen LogP contribution in [0.3, 0.4) is 0 Å². The molecule has 0 spiro atoms. The van der Waals surface area contributed by atoms with Crippen LogP contribution in [0.25, 0.3) is 11.5 Å². The van der Waals surface area contributed by atoms with Gasteiger partial charge in [-0.2, -0.15) is 0 Å². The molecule has 26 heavy (non-hydrogen) atoms. The first-order valence-corrected chi connectivity index (χ1v) is 10.0. The van der Waals surface area contributed by atoms with E-state index in [1.807, 2.05) is 0 Å². The summed E-state index contributed by atoms with van der Waals surface area (Å²) >= 11 is 1.19. The van der Waals surface area contributed by atoms with E-state index in [9.17, 15) is 13.2 Å². The highest BCUT2D eigenvalue weighted by molar-refractivity contribution is 7.99. The van der Waals surface area contributed by atoms with Gasteiger partial charge in [0.2, 0.25) is 5.89 Å². The van der Waals surface area contributed by atoms with Crippen molar-refractivity contribution in [1.29, 1.82) is 0 Å². The summed E-state index contributed by atoms with van der Waals surface area (Å²) in [4.78, 5) is 16.3. The third-order valence-electron chi connectivity index (χ3n) is 3.77. The summed E-state index contributed by atoms with van der Waals surface area (Å²) in [5.41, 5.74) is 0.947. The minimum absolute atomic E-state index is 0.0213. The number of hydrogen-bond acceptors (Lipinski definition) is 8. The van der Waals surface area contributed by atoms with Gasteiger partial charge in [0.1, 0.15) is 4.90 Å².